The van der Waals surface area contributed by atoms with Crippen molar-refractivity contribution in [2.75, 3.05) is 31.2 Å². The lowest BCUT2D eigenvalue weighted by molar-refractivity contribution is 0.121. The maximum atomic E-state index is 9.49. The van der Waals surface area contributed by atoms with Gasteiger partial charge < -0.3 is 9.64 Å². The molecule has 2 aromatic rings. The highest BCUT2D eigenvalue weighted by Crippen LogP contribution is 2.26. The summed E-state index contributed by atoms with van der Waals surface area (Å²) in [6.45, 7) is 5.13. The van der Waals surface area contributed by atoms with Crippen LogP contribution in [0.25, 0.3) is 0 Å². The molecule has 0 N–H and O–H groups in total. The smallest absolute Gasteiger partial charge is 0.227 e. The van der Waals surface area contributed by atoms with Crippen LogP contribution in [0, 0.1) is 18.3 Å². The zero-order chi connectivity index (χ0) is 16.9. The third-order valence-electron chi connectivity index (χ3n) is 4.04. The predicted octanol–water partition coefficient (Wildman–Crippen LogP) is 2.19. The van der Waals surface area contributed by atoms with Gasteiger partial charge in [0.1, 0.15) is 5.25 Å². The molecular weight excluding hydrogens is 322 g/mol. The number of aryl methyl sites for hydroxylation is 1. The quantitative estimate of drug-likeness (QED) is 0.775. The minimum absolute atomic E-state index is 0.187. The normalized spacial score (nSPS) is 16.0. The Kier molecular flexibility index (Phi) is 5.38. The lowest BCUT2D eigenvalue weighted by Gasteiger charge is -2.27. The highest BCUT2D eigenvalue weighted by molar-refractivity contribution is 8.00. The Bertz CT molecular complexity index is 716. The first-order valence-electron chi connectivity index (χ1n) is 8.01. The van der Waals surface area contributed by atoms with E-state index in [1.54, 1.807) is 0 Å². The number of hydrogen-bond donors (Lipinski definition) is 0. The Morgan fingerprint density at radius 1 is 1.25 bits per heavy atom. The minimum Gasteiger partial charge on any atom is -0.378 e. The van der Waals surface area contributed by atoms with Gasteiger partial charge in [-0.2, -0.15) is 5.26 Å². The van der Waals surface area contributed by atoms with E-state index in [0.29, 0.717) is 19.6 Å². The van der Waals surface area contributed by atoms with Crippen LogP contribution < -0.4 is 4.90 Å². The lowest BCUT2D eigenvalue weighted by Crippen LogP contribution is -2.37. The third-order valence-corrected chi connectivity index (χ3v) is 5.16. The first-order chi connectivity index (χ1) is 11.7. The molecule has 0 aliphatic carbocycles. The number of anilines is 1. The Morgan fingerprint density at radius 2 is 1.96 bits per heavy atom. The highest BCUT2D eigenvalue weighted by atomic mass is 32.2. The van der Waals surface area contributed by atoms with E-state index in [2.05, 4.69) is 52.4 Å². The molecule has 126 valence electrons. The Morgan fingerprint density at radius 3 is 2.62 bits per heavy atom. The van der Waals surface area contributed by atoms with E-state index in [1.807, 2.05) is 11.6 Å². The van der Waals surface area contributed by atoms with Crippen LogP contribution in [-0.2, 0) is 18.2 Å². The maximum Gasteiger partial charge on any atom is 0.227 e. The summed E-state index contributed by atoms with van der Waals surface area (Å²) in [6.07, 6.45) is 0.696. The van der Waals surface area contributed by atoms with Crippen molar-refractivity contribution in [3.8, 4) is 6.07 Å². The lowest BCUT2D eigenvalue weighted by atomic mass is 10.1. The number of nitrogens with zero attached hydrogens (tertiary/aromatic N) is 5. The van der Waals surface area contributed by atoms with Gasteiger partial charge in [-0.15, -0.1) is 10.2 Å². The SMILES string of the molecule is Cc1ccc(CC(C#N)Sc2nnc(N3CCOCC3)n2C)cc1. The fraction of sp³-hybridized carbons (Fsp3) is 0.471. The molecule has 1 atom stereocenters. The van der Waals surface area contributed by atoms with Crippen LogP contribution in [0.15, 0.2) is 29.4 Å². The molecule has 2 heterocycles. The zero-order valence-corrected chi connectivity index (χ0v) is 14.8. The molecular formula is C17H21N5OS. The Hall–Kier alpha value is -2.04. The molecule has 24 heavy (non-hydrogen) atoms. The summed E-state index contributed by atoms with van der Waals surface area (Å²) in [5, 5.41) is 18.7. The molecule has 0 spiro atoms. The summed E-state index contributed by atoms with van der Waals surface area (Å²) < 4.78 is 7.34. The fourth-order valence-electron chi connectivity index (χ4n) is 2.63. The second-order valence-electron chi connectivity index (χ2n) is 5.87. The van der Waals surface area contributed by atoms with E-state index in [-0.39, 0.29) is 5.25 Å². The molecule has 1 aliphatic heterocycles. The molecule has 1 fully saturated rings. The molecule has 7 heteroatoms. The van der Waals surface area contributed by atoms with Gasteiger partial charge in [-0.3, -0.25) is 4.57 Å². The van der Waals surface area contributed by atoms with Gasteiger partial charge in [-0.25, -0.2) is 0 Å². The molecule has 1 saturated heterocycles. The summed E-state index contributed by atoms with van der Waals surface area (Å²) in [7, 11) is 1.95. The molecule has 0 saturated carbocycles. The first kappa shape index (κ1) is 16.8. The van der Waals surface area contributed by atoms with E-state index < -0.39 is 0 Å². The van der Waals surface area contributed by atoms with Crippen LogP contribution in [0.5, 0.6) is 0 Å². The summed E-state index contributed by atoms with van der Waals surface area (Å²) in [6, 6.07) is 10.7. The number of rotatable bonds is 5. The van der Waals surface area contributed by atoms with E-state index >= 15 is 0 Å². The van der Waals surface area contributed by atoms with E-state index in [4.69, 9.17) is 4.74 Å². The van der Waals surface area contributed by atoms with Crippen molar-refractivity contribution < 1.29 is 4.74 Å². The van der Waals surface area contributed by atoms with Crippen LogP contribution >= 0.6 is 11.8 Å². The van der Waals surface area contributed by atoms with E-state index in [1.165, 1.54) is 17.3 Å². The Labute approximate surface area is 146 Å². The van der Waals surface area contributed by atoms with Gasteiger partial charge in [-0.1, -0.05) is 41.6 Å². The fourth-order valence-corrected chi connectivity index (χ4v) is 3.54. The third kappa shape index (κ3) is 3.89. The number of benzene rings is 1. The number of aromatic nitrogens is 3. The highest BCUT2D eigenvalue weighted by Gasteiger charge is 2.21. The molecule has 1 unspecified atom stereocenters. The summed E-state index contributed by atoms with van der Waals surface area (Å²) in [4.78, 5) is 2.17. The number of hydrogen-bond acceptors (Lipinski definition) is 6. The number of morpholine rings is 1. The average Bonchev–Trinajstić information content (AvgIpc) is 2.97. The predicted molar refractivity (Wildman–Crippen MR) is 94.2 cm³/mol. The standard InChI is InChI=1S/C17H21N5OS/c1-13-3-5-14(6-4-13)11-15(12-18)24-17-20-19-16(21(17)2)22-7-9-23-10-8-22/h3-6,15H,7-11H2,1-2H3. The summed E-state index contributed by atoms with van der Waals surface area (Å²) in [5.41, 5.74) is 2.39. The second-order valence-corrected chi connectivity index (χ2v) is 7.04. The van der Waals surface area contributed by atoms with E-state index in [9.17, 15) is 5.26 Å². The van der Waals surface area contributed by atoms with Gasteiger partial charge in [-0.05, 0) is 18.9 Å². The molecule has 6 nitrogen and oxygen atoms in total. The van der Waals surface area contributed by atoms with Crippen LogP contribution in [0.3, 0.4) is 0 Å². The van der Waals surface area contributed by atoms with Gasteiger partial charge in [0.2, 0.25) is 5.95 Å². The van der Waals surface area contributed by atoms with Crippen molar-refractivity contribution in [2.45, 2.75) is 23.8 Å². The second kappa shape index (κ2) is 7.69. The summed E-state index contributed by atoms with van der Waals surface area (Å²) >= 11 is 1.47. The molecule has 0 bridgehead atoms. The minimum atomic E-state index is -0.187. The number of nitriles is 1. The first-order valence-corrected chi connectivity index (χ1v) is 8.89. The van der Waals surface area contributed by atoms with Crippen LogP contribution in [0.2, 0.25) is 0 Å². The van der Waals surface area contributed by atoms with Gasteiger partial charge in [0, 0.05) is 20.1 Å². The molecule has 0 amide bonds. The molecule has 3 rings (SSSR count). The maximum absolute atomic E-state index is 9.49. The van der Waals surface area contributed by atoms with Gasteiger partial charge >= 0.3 is 0 Å². The van der Waals surface area contributed by atoms with Crippen molar-refractivity contribution in [1.82, 2.24) is 14.8 Å². The van der Waals surface area contributed by atoms with Crippen molar-refractivity contribution in [2.24, 2.45) is 7.05 Å². The van der Waals surface area contributed by atoms with Crippen molar-refractivity contribution in [3.05, 3.63) is 35.4 Å². The van der Waals surface area contributed by atoms with Gasteiger partial charge in [0.25, 0.3) is 0 Å². The van der Waals surface area contributed by atoms with E-state index in [0.717, 1.165) is 29.8 Å². The zero-order valence-electron chi connectivity index (χ0n) is 14.0. The topological polar surface area (TPSA) is 67.0 Å². The molecule has 1 aromatic heterocycles. The number of thioether (sulfide) groups is 1. The van der Waals surface area contributed by atoms with Crippen LogP contribution in [0.4, 0.5) is 5.95 Å². The van der Waals surface area contributed by atoms with Gasteiger partial charge in [0.15, 0.2) is 5.16 Å². The van der Waals surface area contributed by atoms with Crippen molar-refractivity contribution in [1.29, 1.82) is 5.26 Å². The molecule has 1 aliphatic rings. The molecule has 0 radical (unpaired) electrons. The number of ether oxygens (including phenoxy) is 1. The van der Waals surface area contributed by atoms with Gasteiger partial charge in [0.05, 0.1) is 19.3 Å². The van der Waals surface area contributed by atoms with Crippen LogP contribution in [0.1, 0.15) is 11.1 Å². The van der Waals surface area contributed by atoms with Crippen molar-refractivity contribution >= 4 is 17.7 Å². The molecule has 1 aromatic carbocycles. The Balaban J connectivity index is 1.68. The summed E-state index contributed by atoms with van der Waals surface area (Å²) in [5.74, 6) is 0.841. The average molecular weight is 343 g/mol. The monoisotopic (exact) mass is 343 g/mol. The largest absolute Gasteiger partial charge is 0.378 e. The van der Waals surface area contributed by atoms with Crippen LogP contribution in [-0.4, -0.2) is 46.3 Å². The van der Waals surface area contributed by atoms with Crippen molar-refractivity contribution in [3.63, 3.8) is 0 Å².